The average Bonchev–Trinajstić information content (AvgIpc) is 3.68. The Hall–Kier alpha value is -5.79. The number of rotatable bonds is 2. The summed E-state index contributed by atoms with van der Waals surface area (Å²) < 4.78 is 11.3. The maximum absolute atomic E-state index is 9.59. The van der Waals surface area contributed by atoms with Crippen molar-refractivity contribution in [1.29, 1.82) is 5.26 Å². The summed E-state index contributed by atoms with van der Waals surface area (Å²) in [7, 11) is 0. The lowest BCUT2D eigenvalue weighted by Crippen LogP contribution is -1.95. The summed E-state index contributed by atoms with van der Waals surface area (Å²) in [5.41, 5.74) is 8.88. The van der Waals surface area contributed by atoms with Gasteiger partial charge in [0.15, 0.2) is 5.58 Å². The van der Waals surface area contributed by atoms with E-state index in [1.807, 2.05) is 12.1 Å². The molecule has 0 aliphatic rings. The maximum atomic E-state index is 9.59. The molecule has 0 spiro atoms. The molecule has 9 aromatic rings. The van der Waals surface area contributed by atoms with Crippen LogP contribution in [0, 0.1) is 11.3 Å². The molecule has 190 valence electrons. The molecule has 6 aromatic carbocycles. The first-order chi connectivity index (χ1) is 20.3. The molecule has 0 amide bonds. The Morgan fingerprint density at radius 3 is 1.71 bits per heavy atom. The second kappa shape index (κ2) is 8.11. The van der Waals surface area contributed by atoms with E-state index in [4.69, 9.17) is 4.42 Å². The van der Waals surface area contributed by atoms with Crippen molar-refractivity contribution in [2.75, 3.05) is 0 Å². The van der Waals surface area contributed by atoms with E-state index in [1.165, 1.54) is 10.8 Å². The quantitative estimate of drug-likeness (QED) is 0.226. The first-order valence-electron chi connectivity index (χ1n) is 13.7. The number of fused-ring (bicyclic) bond motifs is 9. The Bertz CT molecular complexity index is 2500. The van der Waals surface area contributed by atoms with Gasteiger partial charge in [-0.25, -0.2) is 0 Å². The van der Waals surface area contributed by atoms with E-state index in [0.29, 0.717) is 5.56 Å². The van der Waals surface area contributed by atoms with E-state index in [2.05, 4.69) is 130 Å². The van der Waals surface area contributed by atoms with Crippen molar-refractivity contribution < 1.29 is 4.42 Å². The Morgan fingerprint density at radius 2 is 1.02 bits per heavy atom. The smallest absolute Gasteiger partial charge is 0.159 e. The topological polar surface area (TPSA) is 46.8 Å². The molecule has 0 saturated carbocycles. The van der Waals surface area contributed by atoms with Gasteiger partial charge >= 0.3 is 0 Å². The van der Waals surface area contributed by atoms with Gasteiger partial charge in [-0.2, -0.15) is 5.26 Å². The standard InChI is InChI=1S/C37H21N3O/c38-22-23-19-20-32-28(21-23)26-11-3-6-15-31(26)39(32)33-16-8-18-35-36(33)27-12-7-17-34(37(27)41-35)40-29-13-4-1-9-24(29)25-10-2-5-14-30(25)40/h1-21H. The third-order valence-corrected chi connectivity index (χ3v) is 8.34. The zero-order valence-corrected chi connectivity index (χ0v) is 21.9. The monoisotopic (exact) mass is 523 g/mol. The van der Waals surface area contributed by atoms with E-state index in [9.17, 15) is 5.26 Å². The van der Waals surface area contributed by atoms with Crippen LogP contribution in [0.25, 0.3) is 76.9 Å². The molecule has 0 unspecified atom stereocenters. The van der Waals surface area contributed by atoms with Crippen LogP contribution >= 0.6 is 0 Å². The minimum atomic E-state index is 0.656. The summed E-state index contributed by atoms with van der Waals surface area (Å²) in [6.45, 7) is 0. The van der Waals surface area contributed by atoms with Gasteiger partial charge in [0.1, 0.15) is 5.58 Å². The van der Waals surface area contributed by atoms with Crippen LogP contribution in [0.15, 0.2) is 132 Å². The summed E-state index contributed by atoms with van der Waals surface area (Å²) in [5, 5.41) is 16.3. The summed E-state index contributed by atoms with van der Waals surface area (Å²) in [4.78, 5) is 0. The van der Waals surface area contributed by atoms with Crippen molar-refractivity contribution in [3.8, 4) is 17.4 Å². The second-order valence-corrected chi connectivity index (χ2v) is 10.5. The lowest BCUT2D eigenvalue weighted by molar-refractivity contribution is 0.666. The van der Waals surface area contributed by atoms with E-state index >= 15 is 0 Å². The molecule has 0 saturated heterocycles. The molecule has 41 heavy (non-hydrogen) atoms. The first kappa shape index (κ1) is 22.1. The van der Waals surface area contributed by atoms with Gasteiger partial charge in [0.25, 0.3) is 0 Å². The predicted molar refractivity (Wildman–Crippen MR) is 167 cm³/mol. The SMILES string of the molecule is N#Cc1ccc2c(c1)c1ccccc1n2-c1cccc2oc3c(-n4c5ccccc5c5ccccc54)cccc3c12. The zero-order valence-electron chi connectivity index (χ0n) is 21.9. The maximum Gasteiger partial charge on any atom is 0.159 e. The molecule has 0 bridgehead atoms. The number of nitrogens with zero attached hydrogens (tertiary/aromatic N) is 3. The first-order valence-corrected chi connectivity index (χ1v) is 13.7. The number of hydrogen-bond donors (Lipinski definition) is 0. The van der Waals surface area contributed by atoms with Crippen LogP contribution in [0.2, 0.25) is 0 Å². The summed E-state index contributed by atoms with van der Waals surface area (Å²) >= 11 is 0. The van der Waals surface area contributed by atoms with Crippen molar-refractivity contribution in [3.63, 3.8) is 0 Å². The van der Waals surface area contributed by atoms with Crippen LogP contribution in [0.4, 0.5) is 0 Å². The van der Waals surface area contributed by atoms with Crippen LogP contribution < -0.4 is 0 Å². The number of furan rings is 1. The number of hydrogen-bond acceptors (Lipinski definition) is 2. The van der Waals surface area contributed by atoms with Gasteiger partial charge in [-0.15, -0.1) is 0 Å². The van der Waals surface area contributed by atoms with E-state index in [1.54, 1.807) is 0 Å². The predicted octanol–water partition coefficient (Wildman–Crippen LogP) is 9.65. The average molecular weight is 524 g/mol. The minimum Gasteiger partial charge on any atom is -0.454 e. The molecule has 9 rings (SSSR count). The minimum absolute atomic E-state index is 0.656. The molecular weight excluding hydrogens is 502 g/mol. The van der Waals surface area contributed by atoms with Crippen LogP contribution in [-0.4, -0.2) is 9.13 Å². The van der Waals surface area contributed by atoms with Crippen LogP contribution in [0.3, 0.4) is 0 Å². The fraction of sp³-hybridized carbons (Fsp3) is 0. The summed E-state index contributed by atoms with van der Waals surface area (Å²) in [5.74, 6) is 0. The molecule has 0 aliphatic carbocycles. The third kappa shape index (κ3) is 2.92. The van der Waals surface area contributed by atoms with Gasteiger partial charge in [-0.05, 0) is 54.6 Å². The Morgan fingerprint density at radius 1 is 0.488 bits per heavy atom. The number of para-hydroxylation sites is 4. The van der Waals surface area contributed by atoms with Crippen LogP contribution in [-0.2, 0) is 0 Å². The van der Waals surface area contributed by atoms with Crippen molar-refractivity contribution in [3.05, 3.63) is 133 Å². The highest BCUT2D eigenvalue weighted by Gasteiger charge is 2.21. The number of aromatic nitrogens is 2. The molecule has 0 aliphatic heterocycles. The van der Waals surface area contributed by atoms with Crippen molar-refractivity contribution in [1.82, 2.24) is 9.13 Å². The fourth-order valence-corrected chi connectivity index (χ4v) is 6.66. The second-order valence-electron chi connectivity index (χ2n) is 10.5. The Labute approximate surface area is 234 Å². The Balaban J connectivity index is 1.41. The van der Waals surface area contributed by atoms with E-state index < -0.39 is 0 Å². The lowest BCUT2D eigenvalue weighted by Gasteiger charge is -2.10. The highest BCUT2D eigenvalue weighted by molar-refractivity contribution is 6.16. The van der Waals surface area contributed by atoms with Gasteiger partial charge in [0, 0.05) is 26.9 Å². The Kier molecular flexibility index (Phi) is 4.37. The van der Waals surface area contributed by atoms with Gasteiger partial charge in [0.2, 0.25) is 0 Å². The molecule has 0 N–H and O–H groups in total. The van der Waals surface area contributed by atoms with E-state index in [-0.39, 0.29) is 0 Å². The highest BCUT2D eigenvalue weighted by Crippen LogP contribution is 2.41. The molecule has 0 atom stereocenters. The van der Waals surface area contributed by atoms with Crippen LogP contribution in [0.1, 0.15) is 5.56 Å². The third-order valence-electron chi connectivity index (χ3n) is 8.34. The lowest BCUT2D eigenvalue weighted by atomic mass is 10.1. The normalized spacial score (nSPS) is 11.9. The van der Waals surface area contributed by atoms with Crippen molar-refractivity contribution in [2.24, 2.45) is 0 Å². The van der Waals surface area contributed by atoms with E-state index in [0.717, 1.165) is 66.2 Å². The largest absolute Gasteiger partial charge is 0.454 e. The molecular formula is C37H21N3O. The van der Waals surface area contributed by atoms with Gasteiger partial charge in [-0.3, -0.25) is 0 Å². The highest BCUT2D eigenvalue weighted by atomic mass is 16.3. The summed E-state index contributed by atoms with van der Waals surface area (Å²) in [6, 6.07) is 46.4. The molecule has 3 aromatic heterocycles. The molecule has 0 radical (unpaired) electrons. The van der Waals surface area contributed by atoms with Crippen molar-refractivity contribution in [2.45, 2.75) is 0 Å². The zero-order chi connectivity index (χ0) is 27.1. The molecule has 4 heteroatoms. The van der Waals surface area contributed by atoms with Crippen molar-refractivity contribution >= 4 is 65.6 Å². The van der Waals surface area contributed by atoms with Gasteiger partial charge in [0.05, 0.1) is 50.5 Å². The molecule has 3 heterocycles. The fourth-order valence-electron chi connectivity index (χ4n) is 6.66. The number of benzene rings is 6. The molecule has 4 nitrogen and oxygen atoms in total. The van der Waals surface area contributed by atoms with Gasteiger partial charge in [-0.1, -0.05) is 72.8 Å². The summed E-state index contributed by atoms with van der Waals surface area (Å²) in [6.07, 6.45) is 0. The van der Waals surface area contributed by atoms with Gasteiger partial charge < -0.3 is 13.6 Å². The van der Waals surface area contributed by atoms with Crippen LogP contribution in [0.5, 0.6) is 0 Å². The number of nitriles is 1. The molecule has 0 fully saturated rings.